The standard InChI is InChI=1S/C23H17FN6OS2/c1-13-14(2)33-22(25-13)28-27-20-19(16-6-4-3-5-7-16)29-30(21(20)31)23-26-18(12-32-23)15-8-10-17(24)11-9-15/h3-12,29H,1-2H3. The highest BCUT2D eigenvalue weighted by Crippen LogP contribution is 2.31. The summed E-state index contributed by atoms with van der Waals surface area (Å²) in [4.78, 5) is 23.3. The van der Waals surface area contributed by atoms with Crippen molar-refractivity contribution < 1.29 is 4.39 Å². The number of nitrogens with zero attached hydrogens (tertiary/aromatic N) is 5. The van der Waals surface area contributed by atoms with Crippen LogP contribution in [0, 0.1) is 19.7 Å². The van der Waals surface area contributed by atoms with Gasteiger partial charge in [0.25, 0.3) is 0 Å². The molecule has 164 valence electrons. The first-order valence-electron chi connectivity index (χ1n) is 9.97. The second-order valence-corrected chi connectivity index (χ2v) is 9.22. The minimum Gasteiger partial charge on any atom is -0.286 e. The first-order valence-corrected chi connectivity index (χ1v) is 11.7. The molecule has 0 fully saturated rings. The number of hydrogen-bond donors (Lipinski definition) is 1. The lowest BCUT2D eigenvalue weighted by molar-refractivity contribution is 0.628. The third-order valence-electron chi connectivity index (χ3n) is 5.00. The Bertz CT molecular complexity index is 1490. The Kier molecular flexibility index (Phi) is 5.53. The van der Waals surface area contributed by atoms with Gasteiger partial charge in [-0.1, -0.05) is 41.7 Å². The summed E-state index contributed by atoms with van der Waals surface area (Å²) in [7, 11) is 0. The zero-order chi connectivity index (χ0) is 22.9. The largest absolute Gasteiger partial charge is 0.301 e. The summed E-state index contributed by atoms with van der Waals surface area (Å²) in [5.74, 6) is -0.317. The van der Waals surface area contributed by atoms with Crippen LogP contribution in [0.1, 0.15) is 10.6 Å². The number of rotatable bonds is 5. The van der Waals surface area contributed by atoms with Crippen LogP contribution in [0.2, 0.25) is 0 Å². The minimum absolute atomic E-state index is 0.172. The number of thiazole rings is 2. The number of nitrogens with one attached hydrogen (secondary N) is 1. The van der Waals surface area contributed by atoms with Crippen LogP contribution in [-0.2, 0) is 0 Å². The summed E-state index contributed by atoms with van der Waals surface area (Å²) >= 11 is 2.72. The van der Waals surface area contributed by atoms with E-state index >= 15 is 0 Å². The van der Waals surface area contributed by atoms with Gasteiger partial charge in [0, 0.05) is 21.4 Å². The molecule has 2 aromatic carbocycles. The molecule has 0 aliphatic carbocycles. The molecule has 3 aromatic heterocycles. The molecule has 10 heteroatoms. The van der Waals surface area contributed by atoms with Gasteiger partial charge in [-0.2, -0.15) is 4.68 Å². The molecule has 0 saturated heterocycles. The number of H-pyrrole nitrogens is 1. The lowest BCUT2D eigenvalue weighted by atomic mass is 10.1. The SMILES string of the molecule is Cc1nc(N=Nc2c(-c3ccccc3)[nH]n(-c3nc(-c4ccc(F)cc4)cs3)c2=O)sc1C. The molecule has 0 aliphatic rings. The van der Waals surface area contributed by atoms with Crippen LogP contribution < -0.4 is 5.56 Å². The van der Waals surface area contributed by atoms with Gasteiger partial charge in [0.1, 0.15) is 5.82 Å². The summed E-state index contributed by atoms with van der Waals surface area (Å²) < 4.78 is 14.6. The molecule has 0 bridgehead atoms. The average molecular weight is 477 g/mol. The summed E-state index contributed by atoms with van der Waals surface area (Å²) in [6.45, 7) is 3.87. The number of aryl methyl sites for hydroxylation is 2. The number of hydrogen-bond acceptors (Lipinski definition) is 7. The fraction of sp³-hybridized carbons (Fsp3) is 0.0870. The van der Waals surface area contributed by atoms with Gasteiger partial charge in [-0.05, 0) is 38.1 Å². The highest BCUT2D eigenvalue weighted by atomic mass is 32.1. The molecule has 0 aliphatic heterocycles. The maximum atomic E-state index is 13.3. The van der Waals surface area contributed by atoms with Crippen LogP contribution in [0.25, 0.3) is 27.6 Å². The van der Waals surface area contributed by atoms with E-state index in [1.54, 1.807) is 12.1 Å². The quantitative estimate of drug-likeness (QED) is 0.290. The third kappa shape index (κ3) is 4.18. The molecule has 7 nitrogen and oxygen atoms in total. The van der Waals surface area contributed by atoms with Crippen molar-refractivity contribution in [3.8, 4) is 27.6 Å². The highest BCUT2D eigenvalue weighted by molar-refractivity contribution is 7.15. The van der Waals surface area contributed by atoms with Crippen molar-refractivity contribution in [3.05, 3.63) is 86.7 Å². The first-order chi connectivity index (χ1) is 16.0. The van der Waals surface area contributed by atoms with E-state index in [-0.39, 0.29) is 17.1 Å². The van der Waals surface area contributed by atoms with Gasteiger partial charge in [0.2, 0.25) is 10.3 Å². The second kappa shape index (κ2) is 8.64. The number of aromatic nitrogens is 4. The molecule has 5 aromatic rings. The first kappa shape index (κ1) is 21.1. The van der Waals surface area contributed by atoms with Crippen molar-refractivity contribution >= 4 is 33.5 Å². The van der Waals surface area contributed by atoms with Crippen molar-refractivity contribution in [2.24, 2.45) is 10.2 Å². The summed E-state index contributed by atoms with van der Waals surface area (Å²) in [5.41, 5.74) is 3.43. The molecule has 0 spiro atoms. The molecule has 0 atom stereocenters. The fourth-order valence-corrected chi connectivity index (χ4v) is 4.70. The number of azo groups is 1. The predicted molar refractivity (Wildman–Crippen MR) is 129 cm³/mol. The van der Waals surface area contributed by atoms with E-state index in [1.165, 1.54) is 39.5 Å². The van der Waals surface area contributed by atoms with Crippen molar-refractivity contribution in [1.29, 1.82) is 0 Å². The smallest absolute Gasteiger partial charge is 0.286 e. The fourth-order valence-electron chi connectivity index (χ4n) is 3.17. The van der Waals surface area contributed by atoms with Crippen molar-refractivity contribution in [2.45, 2.75) is 13.8 Å². The summed E-state index contributed by atoms with van der Waals surface area (Å²) in [6, 6.07) is 15.5. The lowest BCUT2D eigenvalue weighted by Gasteiger charge is -1.99. The van der Waals surface area contributed by atoms with Crippen LogP contribution in [-0.4, -0.2) is 19.7 Å². The van der Waals surface area contributed by atoms with Gasteiger partial charge in [0.05, 0.1) is 17.1 Å². The van der Waals surface area contributed by atoms with Gasteiger partial charge < -0.3 is 0 Å². The Balaban J connectivity index is 1.59. The van der Waals surface area contributed by atoms with E-state index < -0.39 is 0 Å². The monoisotopic (exact) mass is 476 g/mol. The zero-order valence-corrected chi connectivity index (χ0v) is 19.2. The van der Waals surface area contributed by atoms with E-state index in [9.17, 15) is 9.18 Å². The van der Waals surface area contributed by atoms with Crippen LogP contribution in [0.5, 0.6) is 0 Å². The normalized spacial score (nSPS) is 11.5. The molecule has 0 unspecified atom stereocenters. The predicted octanol–water partition coefficient (Wildman–Crippen LogP) is 6.58. The van der Waals surface area contributed by atoms with E-state index in [0.29, 0.717) is 21.7 Å². The Morgan fingerprint density at radius 1 is 0.970 bits per heavy atom. The number of aromatic amines is 1. The van der Waals surface area contributed by atoms with E-state index in [1.807, 2.05) is 49.6 Å². The molecule has 5 rings (SSSR count). The highest BCUT2D eigenvalue weighted by Gasteiger charge is 2.19. The maximum Gasteiger partial charge on any atom is 0.301 e. The Morgan fingerprint density at radius 2 is 1.73 bits per heavy atom. The molecule has 3 heterocycles. The van der Waals surface area contributed by atoms with Crippen LogP contribution in [0.15, 0.2) is 75.0 Å². The molecule has 33 heavy (non-hydrogen) atoms. The Morgan fingerprint density at radius 3 is 2.42 bits per heavy atom. The summed E-state index contributed by atoms with van der Waals surface area (Å²) in [5, 5.41) is 14.4. The lowest BCUT2D eigenvalue weighted by Crippen LogP contribution is -2.13. The van der Waals surface area contributed by atoms with E-state index in [4.69, 9.17) is 0 Å². The molecule has 0 saturated carbocycles. The van der Waals surface area contributed by atoms with E-state index in [2.05, 4.69) is 25.3 Å². The Hall–Kier alpha value is -3.76. The van der Waals surface area contributed by atoms with Crippen LogP contribution >= 0.6 is 22.7 Å². The number of benzene rings is 2. The Labute approximate surface area is 195 Å². The van der Waals surface area contributed by atoms with E-state index in [0.717, 1.165) is 21.7 Å². The minimum atomic E-state index is -0.373. The van der Waals surface area contributed by atoms with Gasteiger partial charge >= 0.3 is 5.56 Å². The van der Waals surface area contributed by atoms with Crippen molar-refractivity contribution in [3.63, 3.8) is 0 Å². The second-order valence-electron chi connectivity index (χ2n) is 7.20. The third-order valence-corrected chi connectivity index (χ3v) is 6.79. The van der Waals surface area contributed by atoms with Gasteiger partial charge in [-0.3, -0.25) is 9.89 Å². The average Bonchev–Trinajstić information content (AvgIpc) is 3.51. The maximum absolute atomic E-state index is 13.3. The molecular weight excluding hydrogens is 459 g/mol. The van der Waals surface area contributed by atoms with Crippen molar-refractivity contribution in [2.75, 3.05) is 0 Å². The number of halogens is 1. The van der Waals surface area contributed by atoms with Gasteiger partial charge in [-0.25, -0.2) is 14.4 Å². The van der Waals surface area contributed by atoms with Gasteiger partial charge in [0.15, 0.2) is 5.69 Å². The zero-order valence-electron chi connectivity index (χ0n) is 17.6. The summed E-state index contributed by atoms with van der Waals surface area (Å²) in [6.07, 6.45) is 0. The molecule has 1 N–H and O–H groups in total. The van der Waals surface area contributed by atoms with Crippen LogP contribution in [0.4, 0.5) is 15.2 Å². The van der Waals surface area contributed by atoms with Gasteiger partial charge in [-0.15, -0.1) is 21.6 Å². The molecule has 0 radical (unpaired) electrons. The van der Waals surface area contributed by atoms with Crippen LogP contribution in [0.3, 0.4) is 0 Å². The molecular formula is C23H17FN6OS2. The van der Waals surface area contributed by atoms with Crippen molar-refractivity contribution in [1.82, 2.24) is 19.7 Å². The topological polar surface area (TPSA) is 88.3 Å². The molecule has 0 amide bonds.